The molecule has 0 saturated heterocycles. The number of hydrogen-bond acceptors (Lipinski definition) is 2. The van der Waals surface area contributed by atoms with Gasteiger partial charge < -0.3 is 5.32 Å². The van der Waals surface area contributed by atoms with Crippen molar-refractivity contribution >= 4 is 21.7 Å². The van der Waals surface area contributed by atoms with Gasteiger partial charge in [0.15, 0.2) is 0 Å². The molecule has 2 rings (SSSR count). The lowest BCUT2D eigenvalue weighted by Crippen LogP contribution is -2.08. The average Bonchev–Trinajstić information content (AvgIpc) is 2.42. The van der Waals surface area contributed by atoms with Crippen LogP contribution in [0.5, 0.6) is 0 Å². The molecule has 0 aliphatic carbocycles. The molecule has 8 heteroatoms. The Kier molecular flexibility index (Phi) is 4.18. The molecule has 0 unspecified atom stereocenters. The highest BCUT2D eigenvalue weighted by atomic mass is 79.9. The molecule has 0 aliphatic rings. The fourth-order valence-electron chi connectivity index (χ4n) is 1.71. The van der Waals surface area contributed by atoms with Gasteiger partial charge in [0.2, 0.25) is 0 Å². The molecule has 0 spiro atoms. The van der Waals surface area contributed by atoms with Crippen molar-refractivity contribution in [2.45, 2.75) is 6.18 Å². The highest BCUT2D eigenvalue weighted by Gasteiger charge is 2.32. The maximum atomic E-state index is 14.0. The van der Waals surface area contributed by atoms with Gasteiger partial charge in [-0.25, -0.2) is 13.8 Å². The summed E-state index contributed by atoms with van der Waals surface area (Å²) in [6, 6.07) is 3.44. The number of nitrogens with zero attached hydrogens (tertiary/aromatic N) is 1. The first kappa shape index (κ1) is 15.7. The summed E-state index contributed by atoms with van der Waals surface area (Å²) >= 11 is 2.86. The Hall–Kier alpha value is -1.70. The molecule has 0 bridgehead atoms. The molecule has 1 heterocycles. The predicted octanol–water partition coefficient (Wildman–Crippen LogP) is 4.85. The van der Waals surface area contributed by atoms with Gasteiger partial charge >= 0.3 is 6.18 Å². The fourth-order valence-corrected chi connectivity index (χ4v) is 2.04. The number of nitrogens with one attached hydrogen (secondary N) is 1. The zero-order valence-corrected chi connectivity index (χ0v) is 12.1. The van der Waals surface area contributed by atoms with Crippen LogP contribution in [0.15, 0.2) is 28.7 Å². The van der Waals surface area contributed by atoms with E-state index >= 15 is 0 Å². The van der Waals surface area contributed by atoms with Crippen molar-refractivity contribution in [3.05, 3.63) is 45.9 Å². The zero-order chi connectivity index (χ0) is 15.8. The minimum absolute atomic E-state index is 0.0656. The SMILES string of the molecule is CNc1cc(C(F)(F)F)cc(-c2c(F)ccc(Br)c2F)n1. The molecule has 1 N–H and O–H groups in total. The third-order valence-corrected chi connectivity index (χ3v) is 3.32. The van der Waals surface area contributed by atoms with Crippen LogP contribution < -0.4 is 5.32 Å². The van der Waals surface area contributed by atoms with Crippen LogP contribution in [-0.4, -0.2) is 12.0 Å². The van der Waals surface area contributed by atoms with E-state index in [0.717, 1.165) is 18.2 Å². The van der Waals surface area contributed by atoms with Crippen LogP contribution >= 0.6 is 15.9 Å². The van der Waals surface area contributed by atoms with Crippen LogP contribution in [0.25, 0.3) is 11.3 Å². The molecular weight excluding hydrogens is 359 g/mol. The summed E-state index contributed by atoms with van der Waals surface area (Å²) in [5, 5.41) is 2.44. The number of benzene rings is 1. The normalized spacial score (nSPS) is 11.6. The number of alkyl halides is 3. The number of halogens is 6. The minimum Gasteiger partial charge on any atom is -0.373 e. The highest BCUT2D eigenvalue weighted by Crippen LogP contribution is 2.35. The van der Waals surface area contributed by atoms with Gasteiger partial charge in [0, 0.05) is 7.05 Å². The quantitative estimate of drug-likeness (QED) is 0.607. The first-order chi connectivity index (χ1) is 9.74. The molecule has 2 aromatic rings. The van der Waals surface area contributed by atoms with Crippen LogP contribution in [-0.2, 0) is 6.18 Å². The molecule has 1 aromatic heterocycles. The Morgan fingerprint density at radius 3 is 2.38 bits per heavy atom. The van der Waals surface area contributed by atoms with Gasteiger partial charge in [-0.15, -0.1) is 0 Å². The van der Waals surface area contributed by atoms with E-state index in [9.17, 15) is 22.0 Å². The molecule has 21 heavy (non-hydrogen) atoms. The van der Waals surface area contributed by atoms with Crippen molar-refractivity contribution in [1.82, 2.24) is 4.98 Å². The molecule has 0 amide bonds. The second-order valence-electron chi connectivity index (χ2n) is 4.09. The Bertz CT molecular complexity index is 685. The summed E-state index contributed by atoms with van der Waals surface area (Å²) < 4.78 is 66.2. The van der Waals surface area contributed by atoms with Gasteiger partial charge in [-0.2, -0.15) is 13.2 Å². The van der Waals surface area contributed by atoms with Crippen LogP contribution in [0.2, 0.25) is 0 Å². The molecule has 0 atom stereocenters. The predicted molar refractivity (Wildman–Crippen MR) is 71.8 cm³/mol. The summed E-state index contributed by atoms with van der Waals surface area (Å²) in [6.07, 6.45) is -4.65. The van der Waals surface area contributed by atoms with Crippen molar-refractivity contribution in [3.8, 4) is 11.3 Å². The zero-order valence-electron chi connectivity index (χ0n) is 10.5. The average molecular weight is 367 g/mol. The Balaban J connectivity index is 2.73. The van der Waals surface area contributed by atoms with Gasteiger partial charge in [0.05, 0.1) is 21.3 Å². The monoisotopic (exact) mass is 366 g/mol. The number of rotatable bonds is 2. The van der Waals surface area contributed by atoms with Gasteiger partial charge in [-0.3, -0.25) is 0 Å². The minimum atomic E-state index is -4.65. The lowest BCUT2D eigenvalue weighted by molar-refractivity contribution is -0.137. The fraction of sp³-hybridized carbons (Fsp3) is 0.154. The van der Waals surface area contributed by atoms with Gasteiger partial charge in [-0.05, 0) is 40.2 Å². The molecule has 0 fully saturated rings. The Morgan fingerprint density at radius 2 is 1.81 bits per heavy atom. The van der Waals surface area contributed by atoms with E-state index in [1.807, 2.05) is 0 Å². The van der Waals surface area contributed by atoms with Crippen molar-refractivity contribution in [2.75, 3.05) is 12.4 Å². The summed E-state index contributed by atoms with van der Waals surface area (Å²) in [6.45, 7) is 0. The first-order valence-electron chi connectivity index (χ1n) is 5.65. The van der Waals surface area contributed by atoms with Gasteiger partial charge in [0.1, 0.15) is 17.5 Å². The molecular formula is C13H8BrF5N2. The Morgan fingerprint density at radius 1 is 1.14 bits per heavy atom. The van der Waals surface area contributed by atoms with Crippen LogP contribution in [0.3, 0.4) is 0 Å². The maximum absolute atomic E-state index is 14.0. The van der Waals surface area contributed by atoms with Crippen LogP contribution in [0, 0.1) is 11.6 Å². The number of pyridine rings is 1. The Labute approximate surface area is 125 Å². The molecule has 2 nitrogen and oxygen atoms in total. The highest BCUT2D eigenvalue weighted by molar-refractivity contribution is 9.10. The molecule has 112 valence electrons. The number of aromatic nitrogens is 1. The summed E-state index contributed by atoms with van der Waals surface area (Å²) in [7, 11) is 1.36. The van der Waals surface area contributed by atoms with Crippen LogP contribution in [0.4, 0.5) is 27.8 Å². The van der Waals surface area contributed by atoms with Crippen molar-refractivity contribution in [2.24, 2.45) is 0 Å². The molecule has 1 aromatic carbocycles. The summed E-state index contributed by atoms with van der Waals surface area (Å²) in [4.78, 5) is 3.79. The van der Waals surface area contributed by atoms with Crippen molar-refractivity contribution in [3.63, 3.8) is 0 Å². The van der Waals surface area contributed by atoms with E-state index in [4.69, 9.17) is 0 Å². The van der Waals surface area contributed by atoms with E-state index in [-0.39, 0.29) is 10.3 Å². The van der Waals surface area contributed by atoms with E-state index < -0.39 is 34.6 Å². The maximum Gasteiger partial charge on any atom is 0.416 e. The largest absolute Gasteiger partial charge is 0.416 e. The van der Waals surface area contributed by atoms with Crippen molar-refractivity contribution < 1.29 is 22.0 Å². The standard InChI is InChI=1S/C13H8BrF5N2/c1-20-10-5-6(13(17,18)19)4-9(21-10)11-8(15)3-2-7(14)12(11)16/h2-5H,1H3,(H,20,21). The van der Waals surface area contributed by atoms with E-state index in [1.54, 1.807) is 0 Å². The second-order valence-corrected chi connectivity index (χ2v) is 4.95. The van der Waals surface area contributed by atoms with Crippen molar-refractivity contribution in [1.29, 1.82) is 0 Å². The summed E-state index contributed by atoms with van der Waals surface area (Å²) in [5.74, 6) is -2.15. The van der Waals surface area contributed by atoms with E-state index in [2.05, 4.69) is 26.2 Å². The van der Waals surface area contributed by atoms with Gasteiger partial charge in [0.25, 0.3) is 0 Å². The lowest BCUT2D eigenvalue weighted by atomic mass is 10.1. The first-order valence-corrected chi connectivity index (χ1v) is 6.44. The molecule has 0 saturated carbocycles. The second kappa shape index (κ2) is 5.59. The molecule has 0 aliphatic heterocycles. The lowest BCUT2D eigenvalue weighted by Gasteiger charge is -2.12. The van der Waals surface area contributed by atoms with E-state index in [1.165, 1.54) is 7.05 Å². The topological polar surface area (TPSA) is 24.9 Å². The third-order valence-electron chi connectivity index (χ3n) is 2.71. The number of hydrogen-bond donors (Lipinski definition) is 1. The number of anilines is 1. The van der Waals surface area contributed by atoms with Gasteiger partial charge in [-0.1, -0.05) is 0 Å². The smallest absolute Gasteiger partial charge is 0.373 e. The van der Waals surface area contributed by atoms with E-state index in [0.29, 0.717) is 6.07 Å². The van der Waals surface area contributed by atoms with Crippen LogP contribution in [0.1, 0.15) is 5.56 Å². The summed E-state index contributed by atoms with van der Waals surface area (Å²) in [5.41, 5.74) is -2.10. The molecule has 0 radical (unpaired) electrons. The third kappa shape index (κ3) is 3.15.